The van der Waals surface area contributed by atoms with Gasteiger partial charge in [0, 0.05) is 37.9 Å². The summed E-state index contributed by atoms with van der Waals surface area (Å²) in [6.07, 6.45) is 0.582. The zero-order chi connectivity index (χ0) is 22.3. The van der Waals surface area contributed by atoms with Crippen LogP contribution in [0.2, 0.25) is 0 Å². The second-order valence-electron chi connectivity index (χ2n) is 8.27. The Morgan fingerprint density at radius 3 is 2.29 bits per heavy atom. The van der Waals surface area contributed by atoms with Gasteiger partial charge >= 0.3 is 6.36 Å². The highest BCUT2D eigenvalue weighted by Crippen LogP contribution is 2.50. The van der Waals surface area contributed by atoms with Gasteiger partial charge in [0.05, 0.1) is 18.0 Å². The van der Waals surface area contributed by atoms with Gasteiger partial charge in [-0.05, 0) is 43.7 Å². The van der Waals surface area contributed by atoms with E-state index in [4.69, 9.17) is 0 Å². The highest BCUT2D eigenvalue weighted by atomic mass is 19.4. The van der Waals surface area contributed by atoms with Gasteiger partial charge in [-0.2, -0.15) is 5.26 Å². The molecule has 0 saturated carbocycles. The first-order valence-corrected chi connectivity index (χ1v) is 10.1. The molecule has 2 aliphatic heterocycles. The molecule has 0 amide bonds. The van der Waals surface area contributed by atoms with E-state index in [-0.39, 0.29) is 5.75 Å². The maximum absolute atomic E-state index is 12.6. The molecular weight excluding hydrogens is 409 g/mol. The van der Waals surface area contributed by atoms with Crippen LogP contribution in [0.15, 0.2) is 42.7 Å². The van der Waals surface area contributed by atoms with E-state index >= 15 is 0 Å². The van der Waals surface area contributed by atoms with Gasteiger partial charge in [0.2, 0.25) is 0 Å². The zero-order valence-electron chi connectivity index (χ0n) is 17.1. The molecule has 2 fully saturated rings. The van der Waals surface area contributed by atoms with Crippen LogP contribution in [-0.2, 0) is 5.60 Å². The number of hydrogen-bond acceptors (Lipinski definition) is 6. The Labute approximate surface area is 178 Å². The molecule has 1 aromatic carbocycles. The van der Waals surface area contributed by atoms with E-state index in [1.54, 1.807) is 6.20 Å². The van der Waals surface area contributed by atoms with E-state index in [0.29, 0.717) is 24.2 Å². The minimum atomic E-state index is -4.81. The molecule has 0 bridgehead atoms. The van der Waals surface area contributed by atoms with Gasteiger partial charge in [-0.25, -0.2) is 0 Å². The summed E-state index contributed by atoms with van der Waals surface area (Å²) in [5.41, 5.74) is -1.31. The predicted octanol–water partition coefficient (Wildman–Crippen LogP) is 3.27. The lowest BCUT2D eigenvalue weighted by Gasteiger charge is -2.53. The summed E-state index contributed by atoms with van der Waals surface area (Å²) in [4.78, 5) is 8.39. The van der Waals surface area contributed by atoms with Crippen LogP contribution in [0.5, 0.6) is 5.75 Å². The Bertz CT molecular complexity index is 977. The molecule has 4 rings (SSSR count). The molecule has 6 nitrogen and oxygen atoms in total. The van der Waals surface area contributed by atoms with Crippen LogP contribution in [0.3, 0.4) is 0 Å². The fourth-order valence-electron chi connectivity index (χ4n) is 4.65. The largest absolute Gasteiger partial charge is 0.573 e. The van der Waals surface area contributed by atoms with Crippen LogP contribution >= 0.6 is 0 Å². The van der Waals surface area contributed by atoms with Crippen LogP contribution in [0.4, 0.5) is 18.9 Å². The Balaban J connectivity index is 1.78. The molecule has 2 saturated heterocycles. The molecule has 31 heavy (non-hydrogen) atoms. The molecule has 1 aromatic heterocycles. The number of halogens is 3. The summed E-state index contributed by atoms with van der Waals surface area (Å²) in [7, 11) is 1.84. The normalized spacial score (nSPS) is 20.6. The number of rotatable bonds is 5. The Kier molecular flexibility index (Phi) is 5.31. The summed E-state index contributed by atoms with van der Waals surface area (Å²) in [5.74, 6) is -0.390. The van der Waals surface area contributed by atoms with Crippen molar-refractivity contribution in [2.75, 3.05) is 38.1 Å². The molecule has 3 heterocycles. The van der Waals surface area contributed by atoms with Gasteiger partial charge in [-0.3, -0.25) is 4.98 Å². The lowest BCUT2D eigenvalue weighted by Crippen LogP contribution is -2.64. The number of hydrogen-bond donors (Lipinski definition) is 1. The van der Waals surface area contributed by atoms with E-state index in [2.05, 4.69) is 20.7 Å². The van der Waals surface area contributed by atoms with E-state index in [0.717, 1.165) is 43.8 Å². The predicted molar refractivity (Wildman–Crippen MR) is 107 cm³/mol. The van der Waals surface area contributed by atoms with Crippen molar-refractivity contribution in [3.63, 3.8) is 0 Å². The number of alkyl halides is 3. The topological polar surface area (TPSA) is 72.6 Å². The Morgan fingerprint density at radius 1 is 1.10 bits per heavy atom. The van der Waals surface area contributed by atoms with Crippen molar-refractivity contribution in [3.8, 4) is 11.8 Å². The molecule has 0 radical (unpaired) electrons. The summed E-state index contributed by atoms with van der Waals surface area (Å²) in [6.45, 7) is 2.40. The van der Waals surface area contributed by atoms with Crippen molar-refractivity contribution in [3.05, 3.63) is 53.9 Å². The van der Waals surface area contributed by atoms with Crippen molar-refractivity contribution in [1.82, 2.24) is 9.88 Å². The molecule has 1 unspecified atom stereocenters. The van der Waals surface area contributed by atoms with Gasteiger partial charge in [-0.1, -0.05) is 12.1 Å². The Morgan fingerprint density at radius 2 is 1.74 bits per heavy atom. The molecule has 2 aliphatic rings. The van der Waals surface area contributed by atoms with Gasteiger partial charge < -0.3 is 19.6 Å². The molecule has 0 aliphatic carbocycles. The van der Waals surface area contributed by atoms with Gasteiger partial charge in [-0.15, -0.1) is 13.2 Å². The highest BCUT2D eigenvalue weighted by Gasteiger charge is 2.59. The fourth-order valence-corrected chi connectivity index (χ4v) is 4.65. The number of pyridine rings is 1. The summed E-state index contributed by atoms with van der Waals surface area (Å²) in [6, 6.07) is 9.17. The summed E-state index contributed by atoms with van der Waals surface area (Å²) >= 11 is 0. The van der Waals surface area contributed by atoms with E-state index < -0.39 is 17.4 Å². The number of likely N-dealkylation sites (tertiary alicyclic amines) is 1. The molecule has 1 N–H and O–H groups in total. The molecule has 164 valence electrons. The first-order valence-electron chi connectivity index (χ1n) is 10.1. The number of aliphatic hydroxyl groups is 1. The van der Waals surface area contributed by atoms with Crippen LogP contribution < -0.4 is 9.64 Å². The maximum atomic E-state index is 12.6. The first-order chi connectivity index (χ1) is 14.7. The van der Waals surface area contributed by atoms with Crippen LogP contribution in [0.1, 0.15) is 24.0 Å². The maximum Gasteiger partial charge on any atom is 0.573 e. The van der Waals surface area contributed by atoms with E-state index in [9.17, 15) is 23.5 Å². The zero-order valence-corrected chi connectivity index (χ0v) is 17.1. The van der Waals surface area contributed by atoms with Crippen LogP contribution in [-0.4, -0.2) is 54.6 Å². The summed E-state index contributed by atoms with van der Waals surface area (Å²) in [5, 5.41) is 22.1. The SMILES string of the molecule is CN1CC(C#N)(C(O)(c2ccc(OC(F)(F)F)cc2)c2cncc(N3CCCC3)c2)C1. The van der Waals surface area contributed by atoms with Crippen LogP contribution in [0.25, 0.3) is 0 Å². The number of aromatic nitrogens is 1. The molecule has 0 spiro atoms. The second kappa shape index (κ2) is 7.70. The van der Waals surface area contributed by atoms with Crippen LogP contribution in [0, 0.1) is 16.7 Å². The number of nitrogens with zero attached hydrogens (tertiary/aromatic N) is 4. The second-order valence-corrected chi connectivity index (χ2v) is 8.27. The molecular formula is C22H23F3N4O2. The molecule has 1 atom stereocenters. The van der Waals surface area contributed by atoms with Crippen molar-refractivity contribution < 1.29 is 23.0 Å². The molecule has 2 aromatic rings. The monoisotopic (exact) mass is 432 g/mol. The van der Waals surface area contributed by atoms with Crippen molar-refractivity contribution in [2.24, 2.45) is 5.41 Å². The van der Waals surface area contributed by atoms with Crippen molar-refractivity contribution >= 4 is 5.69 Å². The smallest absolute Gasteiger partial charge is 0.406 e. The lowest BCUT2D eigenvalue weighted by atomic mass is 9.62. The average molecular weight is 432 g/mol. The van der Waals surface area contributed by atoms with Crippen molar-refractivity contribution in [1.29, 1.82) is 5.26 Å². The first kappa shape index (κ1) is 21.4. The van der Waals surface area contributed by atoms with Gasteiger partial charge in [0.1, 0.15) is 16.8 Å². The number of benzene rings is 1. The van der Waals surface area contributed by atoms with Gasteiger partial charge in [0.25, 0.3) is 0 Å². The molecule has 9 heteroatoms. The standard InChI is InChI=1S/C22H23F3N4O2/c1-28-14-20(13-26,15-28)21(30,16-4-6-19(7-5-16)31-22(23,24)25)17-10-18(12-27-11-17)29-8-2-3-9-29/h4-7,10-12,30H,2-3,8-9,14-15H2,1H3. The fraction of sp³-hybridized carbons (Fsp3) is 0.455. The minimum Gasteiger partial charge on any atom is -0.406 e. The summed E-state index contributed by atoms with van der Waals surface area (Å²) < 4.78 is 41.6. The Hall–Kier alpha value is -2.83. The lowest BCUT2D eigenvalue weighted by molar-refractivity contribution is -0.274. The quantitative estimate of drug-likeness (QED) is 0.782. The third-order valence-corrected chi connectivity index (χ3v) is 6.10. The van der Waals surface area contributed by atoms with E-state index in [1.165, 1.54) is 18.3 Å². The minimum absolute atomic E-state index is 0.314. The third kappa shape index (κ3) is 3.82. The average Bonchev–Trinajstić information content (AvgIpc) is 3.25. The number of nitriles is 1. The number of anilines is 1. The highest BCUT2D eigenvalue weighted by molar-refractivity contribution is 5.52. The number of ether oxygens (including phenoxy) is 1. The van der Waals surface area contributed by atoms with Crippen molar-refractivity contribution in [2.45, 2.75) is 24.8 Å². The van der Waals surface area contributed by atoms with E-state index in [1.807, 2.05) is 18.0 Å². The van der Waals surface area contributed by atoms with Gasteiger partial charge in [0.15, 0.2) is 0 Å². The third-order valence-electron chi connectivity index (χ3n) is 6.10.